The minimum absolute atomic E-state index is 0.0960. The van der Waals surface area contributed by atoms with Gasteiger partial charge in [0.15, 0.2) is 0 Å². The number of hydrogen-bond donors (Lipinski definition) is 1. The molecule has 5 nitrogen and oxygen atoms in total. The maximum absolute atomic E-state index is 12.0. The molecule has 1 heterocycles. The minimum atomic E-state index is -3.21. The molecule has 1 aliphatic heterocycles. The topological polar surface area (TPSA) is 66.8 Å². The highest BCUT2D eigenvalue weighted by Gasteiger charge is 2.32. The normalized spacial score (nSPS) is 33.9. The second-order valence-corrected chi connectivity index (χ2v) is 7.31. The van der Waals surface area contributed by atoms with Gasteiger partial charge in [0.1, 0.15) is 0 Å². The van der Waals surface area contributed by atoms with Crippen LogP contribution < -0.4 is 0 Å². The maximum atomic E-state index is 12.0. The fourth-order valence-corrected chi connectivity index (χ4v) is 3.89. The average Bonchev–Trinajstić information content (AvgIpc) is 2.67. The van der Waals surface area contributed by atoms with E-state index in [-0.39, 0.29) is 18.0 Å². The van der Waals surface area contributed by atoms with Gasteiger partial charge in [-0.3, -0.25) is 0 Å². The number of aliphatic hydroxyl groups excluding tert-OH is 1. The number of rotatable bonds is 5. The van der Waals surface area contributed by atoms with Crippen molar-refractivity contribution >= 4 is 10.0 Å². The number of hydrogen-bond acceptors (Lipinski definition) is 4. The van der Waals surface area contributed by atoms with Crippen LogP contribution in [0, 0.1) is 5.92 Å². The third-order valence-corrected chi connectivity index (χ3v) is 5.51. The maximum Gasteiger partial charge on any atom is 0.216 e. The van der Waals surface area contributed by atoms with Gasteiger partial charge in [-0.25, -0.2) is 12.7 Å². The summed E-state index contributed by atoms with van der Waals surface area (Å²) >= 11 is 0. The first-order chi connectivity index (χ1) is 7.97. The zero-order valence-electron chi connectivity index (χ0n) is 10.2. The van der Waals surface area contributed by atoms with Gasteiger partial charge in [0, 0.05) is 20.2 Å². The Morgan fingerprint density at radius 1 is 1.41 bits per heavy atom. The van der Waals surface area contributed by atoms with E-state index in [4.69, 9.17) is 4.74 Å². The second-order valence-electron chi connectivity index (χ2n) is 5.19. The molecule has 2 rings (SSSR count). The van der Waals surface area contributed by atoms with Crippen LogP contribution in [0.15, 0.2) is 0 Å². The fraction of sp³-hybridized carbons (Fsp3) is 1.00. The second kappa shape index (κ2) is 5.22. The standard InChI is InChI=1S/C11H21NO4S/c1-12(7-9-5-10(13)6-9)17(14,15)8-11-3-2-4-16-11/h9-11,13H,2-8H2,1H3. The lowest BCUT2D eigenvalue weighted by atomic mass is 9.82. The summed E-state index contributed by atoms with van der Waals surface area (Å²) in [7, 11) is -1.59. The van der Waals surface area contributed by atoms with E-state index < -0.39 is 10.0 Å². The summed E-state index contributed by atoms with van der Waals surface area (Å²) in [4.78, 5) is 0. The molecule has 0 aromatic heterocycles. The lowest BCUT2D eigenvalue weighted by Crippen LogP contribution is -2.41. The van der Waals surface area contributed by atoms with Gasteiger partial charge >= 0.3 is 0 Å². The molecule has 1 aliphatic carbocycles. The molecule has 0 radical (unpaired) electrons. The molecular weight excluding hydrogens is 242 g/mol. The van der Waals surface area contributed by atoms with E-state index >= 15 is 0 Å². The van der Waals surface area contributed by atoms with Gasteiger partial charge in [-0.15, -0.1) is 0 Å². The first-order valence-corrected chi connectivity index (χ1v) is 7.82. The summed E-state index contributed by atoms with van der Waals surface area (Å²) in [5.41, 5.74) is 0. The average molecular weight is 263 g/mol. The van der Waals surface area contributed by atoms with E-state index in [9.17, 15) is 13.5 Å². The highest BCUT2D eigenvalue weighted by atomic mass is 32.2. The van der Waals surface area contributed by atoms with Crippen LogP contribution in [0.3, 0.4) is 0 Å². The molecule has 0 bridgehead atoms. The van der Waals surface area contributed by atoms with E-state index in [1.165, 1.54) is 4.31 Å². The van der Waals surface area contributed by atoms with Crippen LogP contribution in [0.25, 0.3) is 0 Å². The van der Waals surface area contributed by atoms with Gasteiger partial charge in [-0.1, -0.05) is 0 Å². The van der Waals surface area contributed by atoms with Crippen LogP contribution in [-0.2, 0) is 14.8 Å². The Hall–Kier alpha value is -0.170. The molecule has 100 valence electrons. The van der Waals surface area contributed by atoms with Crippen molar-refractivity contribution in [3.05, 3.63) is 0 Å². The van der Waals surface area contributed by atoms with Crippen molar-refractivity contribution in [2.45, 2.75) is 37.9 Å². The van der Waals surface area contributed by atoms with Crippen molar-refractivity contribution in [3.8, 4) is 0 Å². The summed E-state index contributed by atoms with van der Waals surface area (Å²) in [6.07, 6.45) is 2.89. The van der Waals surface area contributed by atoms with Crippen LogP contribution in [-0.4, -0.2) is 56.0 Å². The van der Waals surface area contributed by atoms with Crippen LogP contribution in [0.1, 0.15) is 25.7 Å². The van der Waals surface area contributed by atoms with Crippen LogP contribution >= 0.6 is 0 Å². The quantitative estimate of drug-likeness (QED) is 0.769. The van der Waals surface area contributed by atoms with Crippen molar-refractivity contribution in [2.75, 3.05) is 26.0 Å². The van der Waals surface area contributed by atoms with Crippen molar-refractivity contribution in [1.29, 1.82) is 0 Å². The Labute approximate surface area is 103 Å². The van der Waals surface area contributed by atoms with E-state index in [1.54, 1.807) is 7.05 Å². The van der Waals surface area contributed by atoms with E-state index in [0.29, 0.717) is 19.1 Å². The molecule has 2 fully saturated rings. The molecule has 0 amide bonds. The largest absolute Gasteiger partial charge is 0.393 e. The molecule has 1 saturated carbocycles. The molecule has 1 atom stereocenters. The molecule has 6 heteroatoms. The van der Waals surface area contributed by atoms with Gasteiger partial charge in [0.05, 0.1) is 18.0 Å². The van der Waals surface area contributed by atoms with Crippen LogP contribution in [0.2, 0.25) is 0 Å². The lowest BCUT2D eigenvalue weighted by molar-refractivity contribution is 0.0365. The van der Waals surface area contributed by atoms with Crippen molar-refractivity contribution in [1.82, 2.24) is 4.31 Å². The summed E-state index contributed by atoms with van der Waals surface area (Å²) in [5.74, 6) is 0.410. The Morgan fingerprint density at radius 2 is 2.12 bits per heavy atom. The zero-order chi connectivity index (χ0) is 12.5. The molecule has 1 N–H and O–H groups in total. The van der Waals surface area contributed by atoms with Gasteiger partial charge in [0.2, 0.25) is 10.0 Å². The molecule has 1 saturated heterocycles. The monoisotopic (exact) mass is 263 g/mol. The summed E-state index contributed by atoms with van der Waals surface area (Å²) < 4.78 is 30.8. The molecule has 0 spiro atoms. The number of nitrogens with zero attached hydrogens (tertiary/aromatic N) is 1. The summed E-state index contributed by atoms with van der Waals surface area (Å²) in [6.45, 7) is 1.20. The Bertz CT molecular complexity index is 344. The van der Waals surface area contributed by atoms with Crippen molar-refractivity contribution in [3.63, 3.8) is 0 Å². The number of sulfonamides is 1. The third kappa shape index (κ3) is 3.40. The van der Waals surface area contributed by atoms with Crippen molar-refractivity contribution in [2.24, 2.45) is 5.92 Å². The first-order valence-electron chi connectivity index (χ1n) is 6.21. The van der Waals surface area contributed by atoms with Gasteiger partial charge in [0.25, 0.3) is 0 Å². The predicted molar refractivity (Wildman–Crippen MR) is 64.1 cm³/mol. The molecule has 1 unspecified atom stereocenters. The van der Waals surface area contributed by atoms with Gasteiger partial charge in [-0.05, 0) is 31.6 Å². The minimum Gasteiger partial charge on any atom is -0.393 e. The molecule has 0 aromatic carbocycles. The Kier molecular flexibility index (Phi) is 4.07. The molecule has 17 heavy (non-hydrogen) atoms. The smallest absolute Gasteiger partial charge is 0.216 e. The van der Waals surface area contributed by atoms with E-state index in [0.717, 1.165) is 25.7 Å². The molecule has 0 aromatic rings. The van der Waals surface area contributed by atoms with Crippen LogP contribution in [0.4, 0.5) is 0 Å². The van der Waals surface area contributed by atoms with Gasteiger partial charge < -0.3 is 9.84 Å². The fourth-order valence-electron chi connectivity index (χ4n) is 2.46. The van der Waals surface area contributed by atoms with Crippen molar-refractivity contribution < 1.29 is 18.3 Å². The highest BCUT2D eigenvalue weighted by molar-refractivity contribution is 7.89. The Morgan fingerprint density at radius 3 is 2.65 bits per heavy atom. The van der Waals surface area contributed by atoms with Crippen LogP contribution in [0.5, 0.6) is 0 Å². The molecule has 2 aliphatic rings. The molecular formula is C11H21NO4S. The van der Waals surface area contributed by atoms with E-state index in [1.807, 2.05) is 0 Å². The summed E-state index contributed by atoms with van der Waals surface area (Å²) in [5, 5.41) is 9.18. The number of aliphatic hydroxyl groups is 1. The predicted octanol–water partition coefficient (Wildman–Crippen LogP) is 0.198. The highest BCUT2D eigenvalue weighted by Crippen LogP contribution is 2.28. The number of ether oxygens (including phenoxy) is 1. The lowest BCUT2D eigenvalue weighted by Gasteiger charge is -2.34. The summed E-state index contributed by atoms with van der Waals surface area (Å²) in [6, 6.07) is 0. The Balaban J connectivity index is 1.81. The van der Waals surface area contributed by atoms with Gasteiger partial charge in [-0.2, -0.15) is 0 Å². The zero-order valence-corrected chi connectivity index (χ0v) is 11.0. The van der Waals surface area contributed by atoms with E-state index in [2.05, 4.69) is 0 Å². The first kappa shape index (κ1) is 13.3. The SMILES string of the molecule is CN(CC1CC(O)C1)S(=O)(=O)CC1CCCO1. The third-order valence-electron chi connectivity index (χ3n) is 3.62.